The number of methoxy groups -OCH3 is 1. The van der Waals surface area contributed by atoms with Crippen molar-refractivity contribution in [1.82, 2.24) is 14.3 Å². The molecule has 8 heteroatoms. The van der Waals surface area contributed by atoms with Crippen LogP contribution in [0.5, 0.6) is 0 Å². The van der Waals surface area contributed by atoms with E-state index in [0.29, 0.717) is 5.82 Å². The molecule has 0 bridgehead atoms. The van der Waals surface area contributed by atoms with Gasteiger partial charge in [-0.05, 0) is 24.3 Å². The maximum absolute atomic E-state index is 12.4. The third-order valence-electron chi connectivity index (χ3n) is 3.92. The lowest BCUT2D eigenvalue weighted by atomic mass is 10.1. The number of rotatable bonds is 6. The zero-order valence-corrected chi connectivity index (χ0v) is 14.8. The lowest BCUT2D eigenvalue weighted by molar-refractivity contribution is 0.0474. The van der Waals surface area contributed by atoms with Gasteiger partial charge in [-0.25, -0.2) is 9.59 Å². The Hall–Kier alpha value is -3.68. The SMILES string of the molecule is COC(=O)c1cccc(C(=O)COC(=O)c2cnn(C)c2-n2cccc2)c1. The highest BCUT2D eigenvalue weighted by Crippen LogP contribution is 2.15. The number of carbonyl (C=O) groups is 3. The van der Waals surface area contributed by atoms with Gasteiger partial charge in [0.1, 0.15) is 11.4 Å². The second-order valence-corrected chi connectivity index (χ2v) is 5.67. The molecule has 0 aliphatic heterocycles. The number of hydrogen-bond donors (Lipinski definition) is 0. The monoisotopic (exact) mass is 367 g/mol. The van der Waals surface area contributed by atoms with Crippen molar-refractivity contribution < 1.29 is 23.9 Å². The Bertz CT molecular complexity index is 989. The van der Waals surface area contributed by atoms with Crippen LogP contribution in [0.4, 0.5) is 0 Å². The van der Waals surface area contributed by atoms with Crippen molar-refractivity contribution in [3.8, 4) is 5.82 Å². The first-order chi connectivity index (χ1) is 13.0. The van der Waals surface area contributed by atoms with Crippen LogP contribution in [-0.2, 0) is 16.5 Å². The van der Waals surface area contributed by atoms with Crippen LogP contribution in [-0.4, -0.2) is 45.8 Å². The Morgan fingerprint density at radius 2 is 1.74 bits per heavy atom. The van der Waals surface area contributed by atoms with Gasteiger partial charge in [0.25, 0.3) is 0 Å². The Labute approximate surface area is 154 Å². The molecule has 0 aliphatic carbocycles. The van der Waals surface area contributed by atoms with E-state index in [4.69, 9.17) is 4.74 Å². The van der Waals surface area contributed by atoms with Crippen molar-refractivity contribution in [2.24, 2.45) is 7.05 Å². The molecule has 2 aromatic heterocycles. The fourth-order valence-corrected chi connectivity index (χ4v) is 2.59. The average Bonchev–Trinajstić information content (AvgIpc) is 3.34. The molecule has 0 spiro atoms. The number of benzene rings is 1. The van der Waals surface area contributed by atoms with E-state index in [1.165, 1.54) is 36.2 Å². The van der Waals surface area contributed by atoms with Gasteiger partial charge in [0, 0.05) is 25.0 Å². The van der Waals surface area contributed by atoms with Crippen LogP contribution in [0.1, 0.15) is 31.1 Å². The zero-order chi connectivity index (χ0) is 19.4. The van der Waals surface area contributed by atoms with E-state index in [9.17, 15) is 14.4 Å². The van der Waals surface area contributed by atoms with Crippen LogP contribution < -0.4 is 0 Å². The van der Waals surface area contributed by atoms with Crippen LogP contribution >= 0.6 is 0 Å². The number of hydrogen-bond acceptors (Lipinski definition) is 6. The van der Waals surface area contributed by atoms with E-state index in [1.807, 2.05) is 12.1 Å². The first-order valence-corrected chi connectivity index (χ1v) is 8.05. The highest BCUT2D eigenvalue weighted by atomic mass is 16.5. The molecule has 0 radical (unpaired) electrons. The molecule has 0 unspecified atom stereocenters. The lowest BCUT2D eigenvalue weighted by Crippen LogP contribution is -2.16. The van der Waals surface area contributed by atoms with Gasteiger partial charge >= 0.3 is 11.9 Å². The minimum atomic E-state index is -0.663. The average molecular weight is 367 g/mol. The molecule has 0 saturated carbocycles. The second kappa shape index (κ2) is 7.69. The molecule has 3 aromatic rings. The number of carbonyl (C=O) groups excluding carboxylic acids is 3. The molecule has 0 amide bonds. The third kappa shape index (κ3) is 3.79. The number of esters is 2. The second-order valence-electron chi connectivity index (χ2n) is 5.67. The van der Waals surface area contributed by atoms with Crippen molar-refractivity contribution >= 4 is 17.7 Å². The van der Waals surface area contributed by atoms with Crippen LogP contribution in [0, 0.1) is 0 Å². The van der Waals surface area contributed by atoms with Gasteiger partial charge in [-0.1, -0.05) is 12.1 Å². The summed E-state index contributed by atoms with van der Waals surface area (Å²) in [6.45, 7) is -0.455. The number of ether oxygens (including phenoxy) is 2. The maximum Gasteiger partial charge on any atom is 0.344 e. The summed E-state index contributed by atoms with van der Waals surface area (Å²) in [6, 6.07) is 9.68. The number of nitrogens with zero attached hydrogens (tertiary/aromatic N) is 3. The minimum absolute atomic E-state index is 0.241. The standard InChI is InChI=1S/C19H17N3O5/c1-21-17(22-8-3-4-9-22)15(11-20-21)19(25)27-12-16(23)13-6-5-7-14(10-13)18(24)26-2/h3-11H,12H2,1-2H3. The predicted octanol–water partition coefficient (Wildman–Crippen LogP) is 2.04. The van der Waals surface area contributed by atoms with Crippen molar-refractivity contribution in [2.45, 2.75) is 0 Å². The van der Waals surface area contributed by atoms with Crippen LogP contribution in [0.15, 0.2) is 55.0 Å². The summed E-state index contributed by atoms with van der Waals surface area (Å²) in [5.41, 5.74) is 0.740. The molecule has 1 aromatic carbocycles. The van der Waals surface area contributed by atoms with Gasteiger partial charge in [-0.15, -0.1) is 0 Å². The lowest BCUT2D eigenvalue weighted by Gasteiger charge is -2.08. The summed E-state index contributed by atoms with van der Waals surface area (Å²) in [5.74, 6) is -1.11. The van der Waals surface area contributed by atoms with Gasteiger partial charge in [0.15, 0.2) is 12.4 Å². The van der Waals surface area contributed by atoms with Crippen molar-refractivity contribution in [3.63, 3.8) is 0 Å². The fraction of sp³-hybridized carbons (Fsp3) is 0.158. The maximum atomic E-state index is 12.4. The first-order valence-electron chi connectivity index (χ1n) is 8.05. The van der Waals surface area contributed by atoms with Gasteiger partial charge in [0.05, 0.1) is 18.9 Å². The Morgan fingerprint density at radius 1 is 1.04 bits per heavy atom. The predicted molar refractivity (Wildman–Crippen MR) is 94.9 cm³/mol. The molecule has 0 aliphatic rings. The Morgan fingerprint density at radius 3 is 2.44 bits per heavy atom. The van der Waals surface area contributed by atoms with E-state index in [2.05, 4.69) is 9.84 Å². The molecule has 2 heterocycles. The summed E-state index contributed by atoms with van der Waals surface area (Å²) in [4.78, 5) is 36.3. The van der Waals surface area contributed by atoms with Crippen LogP contribution in [0.2, 0.25) is 0 Å². The summed E-state index contributed by atoms with van der Waals surface area (Å²) < 4.78 is 13.0. The highest BCUT2D eigenvalue weighted by molar-refractivity contribution is 6.01. The molecule has 27 heavy (non-hydrogen) atoms. The Kier molecular flexibility index (Phi) is 5.16. The van der Waals surface area contributed by atoms with Gasteiger partial charge in [0.2, 0.25) is 0 Å². The summed E-state index contributed by atoms with van der Waals surface area (Å²) in [6.07, 6.45) is 4.94. The van der Waals surface area contributed by atoms with E-state index < -0.39 is 24.3 Å². The third-order valence-corrected chi connectivity index (χ3v) is 3.92. The van der Waals surface area contributed by atoms with E-state index in [-0.39, 0.29) is 16.7 Å². The van der Waals surface area contributed by atoms with Crippen LogP contribution in [0.3, 0.4) is 0 Å². The number of aryl methyl sites for hydroxylation is 1. The first kappa shape index (κ1) is 18.1. The topological polar surface area (TPSA) is 92.4 Å². The number of aromatic nitrogens is 3. The molecule has 3 rings (SSSR count). The molecule has 8 nitrogen and oxygen atoms in total. The minimum Gasteiger partial charge on any atom is -0.465 e. The normalized spacial score (nSPS) is 10.4. The molecule has 0 N–H and O–H groups in total. The van der Waals surface area contributed by atoms with Gasteiger partial charge in [-0.2, -0.15) is 5.10 Å². The van der Waals surface area contributed by atoms with E-state index >= 15 is 0 Å². The number of Topliss-reactive ketones (excluding diaryl/α,β-unsaturated/α-hetero) is 1. The number of ketones is 1. The Balaban J connectivity index is 1.72. The molecule has 0 atom stereocenters. The van der Waals surface area contributed by atoms with Crippen LogP contribution in [0.25, 0.3) is 5.82 Å². The quantitative estimate of drug-likeness (QED) is 0.489. The van der Waals surface area contributed by atoms with Gasteiger partial charge < -0.3 is 14.0 Å². The van der Waals surface area contributed by atoms with Crippen molar-refractivity contribution in [2.75, 3.05) is 13.7 Å². The highest BCUT2D eigenvalue weighted by Gasteiger charge is 2.20. The fourth-order valence-electron chi connectivity index (χ4n) is 2.59. The molecule has 0 saturated heterocycles. The molecule has 0 fully saturated rings. The summed E-state index contributed by atoms with van der Waals surface area (Å²) in [5, 5.41) is 4.08. The largest absolute Gasteiger partial charge is 0.465 e. The zero-order valence-electron chi connectivity index (χ0n) is 14.8. The van der Waals surface area contributed by atoms with Gasteiger partial charge in [-0.3, -0.25) is 9.48 Å². The molecular formula is C19H17N3O5. The smallest absolute Gasteiger partial charge is 0.344 e. The van der Waals surface area contributed by atoms with E-state index in [1.54, 1.807) is 30.1 Å². The summed E-state index contributed by atoms with van der Waals surface area (Å²) >= 11 is 0. The van der Waals surface area contributed by atoms with E-state index in [0.717, 1.165) is 0 Å². The molecule has 138 valence electrons. The molecular weight excluding hydrogens is 350 g/mol. The summed E-state index contributed by atoms with van der Waals surface area (Å²) in [7, 11) is 2.96. The van der Waals surface area contributed by atoms with Crippen molar-refractivity contribution in [3.05, 3.63) is 71.7 Å². The van der Waals surface area contributed by atoms with Crippen molar-refractivity contribution in [1.29, 1.82) is 0 Å².